The Hall–Kier alpha value is -2.32. The lowest BCUT2D eigenvalue weighted by molar-refractivity contribution is -0.120. The molecule has 7 nitrogen and oxygen atoms in total. The summed E-state index contributed by atoms with van der Waals surface area (Å²) < 4.78 is 4.20. The highest BCUT2D eigenvalue weighted by molar-refractivity contribution is 7.10. The number of hydrogen-bond acceptors (Lipinski definition) is 6. The molecule has 9 heteroatoms. The van der Waals surface area contributed by atoms with Gasteiger partial charge in [-0.1, -0.05) is 11.6 Å². The molecule has 1 aliphatic heterocycles. The fourth-order valence-electron chi connectivity index (χ4n) is 2.69. The Balaban J connectivity index is 1.78. The average molecular weight is 380 g/mol. The number of nitrogens with zero attached hydrogens (tertiary/aromatic N) is 2. The minimum Gasteiger partial charge on any atom is -0.378 e. The van der Waals surface area contributed by atoms with Crippen LogP contribution >= 0.6 is 23.1 Å². The summed E-state index contributed by atoms with van der Waals surface area (Å²) in [6.45, 7) is 3.35. The number of anilines is 3. The fourth-order valence-corrected chi connectivity index (χ4v) is 3.73. The Bertz CT molecular complexity index is 823. The molecule has 2 heterocycles. The number of aryl methyl sites for hydroxylation is 1. The first-order valence-electron chi connectivity index (χ1n) is 7.76. The standard InChI is InChI=1S/C16H18ClN5O2S/c1-9-14(16(18-2)25-21-9)15(24)20-10-3-4-12(11(17)7-10)22-6-5-19-13(23)8-22/h3-4,7,18H,5-6,8H2,1-2H3,(H,19,23)(H,20,24). The van der Waals surface area contributed by atoms with E-state index in [2.05, 4.69) is 20.3 Å². The van der Waals surface area contributed by atoms with Gasteiger partial charge in [0.15, 0.2) is 0 Å². The van der Waals surface area contributed by atoms with Crippen molar-refractivity contribution in [1.29, 1.82) is 0 Å². The first-order chi connectivity index (χ1) is 12.0. The largest absolute Gasteiger partial charge is 0.378 e. The molecule has 0 atom stereocenters. The highest BCUT2D eigenvalue weighted by Gasteiger charge is 2.20. The maximum Gasteiger partial charge on any atom is 0.260 e. The van der Waals surface area contributed by atoms with Crippen LogP contribution in [0.2, 0.25) is 5.02 Å². The summed E-state index contributed by atoms with van der Waals surface area (Å²) in [5.41, 5.74) is 2.57. The summed E-state index contributed by atoms with van der Waals surface area (Å²) in [6.07, 6.45) is 0. The second-order valence-electron chi connectivity index (χ2n) is 5.61. The molecule has 0 aliphatic carbocycles. The van der Waals surface area contributed by atoms with E-state index in [1.165, 1.54) is 11.5 Å². The molecule has 0 bridgehead atoms. The van der Waals surface area contributed by atoms with Crippen molar-refractivity contribution in [2.24, 2.45) is 0 Å². The number of benzene rings is 1. The zero-order valence-corrected chi connectivity index (χ0v) is 15.4. The predicted molar refractivity (Wildman–Crippen MR) is 101 cm³/mol. The summed E-state index contributed by atoms with van der Waals surface area (Å²) >= 11 is 7.61. The van der Waals surface area contributed by atoms with Crippen LogP contribution in [0.3, 0.4) is 0 Å². The summed E-state index contributed by atoms with van der Waals surface area (Å²) in [5.74, 6) is -0.267. The minimum atomic E-state index is -0.239. The van der Waals surface area contributed by atoms with Gasteiger partial charge in [-0.25, -0.2) is 0 Å². The summed E-state index contributed by atoms with van der Waals surface area (Å²) in [4.78, 5) is 26.0. The lowest BCUT2D eigenvalue weighted by atomic mass is 10.2. The zero-order valence-electron chi connectivity index (χ0n) is 13.9. The van der Waals surface area contributed by atoms with Gasteiger partial charge >= 0.3 is 0 Å². The van der Waals surface area contributed by atoms with E-state index in [-0.39, 0.29) is 18.4 Å². The lowest BCUT2D eigenvalue weighted by Crippen LogP contribution is -2.47. The molecule has 1 aromatic carbocycles. The summed E-state index contributed by atoms with van der Waals surface area (Å²) in [5, 5.41) is 9.81. The number of amides is 2. The highest BCUT2D eigenvalue weighted by atomic mass is 35.5. The third-order valence-electron chi connectivity index (χ3n) is 3.90. The molecule has 2 amide bonds. The van der Waals surface area contributed by atoms with Crippen molar-refractivity contribution < 1.29 is 9.59 Å². The highest BCUT2D eigenvalue weighted by Crippen LogP contribution is 2.30. The van der Waals surface area contributed by atoms with E-state index >= 15 is 0 Å². The molecule has 3 N–H and O–H groups in total. The number of aromatic nitrogens is 1. The molecule has 1 saturated heterocycles. The smallest absolute Gasteiger partial charge is 0.260 e. The summed E-state index contributed by atoms with van der Waals surface area (Å²) in [6, 6.07) is 5.28. The third-order valence-corrected chi connectivity index (χ3v) is 5.16. The molecule has 1 fully saturated rings. The number of carbonyl (C=O) groups excluding carboxylic acids is 2. The third kappa shape index (κ3) is 3.69. The van der Waals surface area contributed by atoms with Crippen LogP contribution in [0.1, 0.15) is 16.1 Å². The van der Waals surface area contributed by atoms with Crippen molar-refractivity contribution in [3.05, 3.63) is 34.5 Å². The first kappa shape index (κ1) is 17.5. The van der Waals surface area contributed by atoms with Gasteiger partial charge in [0.1, 0.15) is 5.00 Å². The van der Waals surface area contributed by atoms with Crippen molar-refractivity contribution >= 4 is 51.3 Å². The monoisotopic (exact) mass is 379 g/mol. The Morgan fingerprint density at radius 2 is 2.24 bits per heavy atom. The molecule has 1 aliphatic rings. The Morgan fingerprint density at radius 1 is 1.44 bits per heavy atom. The van der Waals surface area contributed by atoms with E-state index in [0.717, 1.165) is 10.7 Å². The zero-order chi connectivity index (χ0) is 18.0. The molecule has 3 rings (SSSR count). The molecule has 1 aromatic heterocycles. The van der Waals surface area contributed by atoms with Crippen molar-refractivity contribution in [3.8, 4) is 0 Å². The van der Waals surface area contributed by atoms with Gasteiger partial charge in [-0.2, -0.15) is 4.37 Å². The maximum absolute atomic E-state index is 12.5. The number of carbonyl (C=O) groups is 2. The second kappa shape index (κ2) is 7.28. The Kier molecular flexibility index (Phi) is 5.10. The van der Waals surface area contributed by atoms with E-state index in [0.29, 0.717) is 35.1 Å². The maximum atomic E-state index is 12.5. The molecule has 132 valence electrons. The van der Waals surface area contributed by atoms with Gasteiger partial charge in [0.05, 0.1) is 28.5 Å². The van der Waals surface area contributed by atoms with E-state index in [9.17, 15) is 9.59 Å². The summed E-state index contributed by atoms with van der Waals surface area (Å²) in [7, 11) is 1.75. The Morgan fingerprint density at radius 3 is 2.92 bits per heavy atom. The molecule has 0 spiro atoms. The van der Waals surface area contributed by atoms with Crippen LogP contribution in [0, 0.1) is 6.92 Å². The van der Waals surface area contributed by atoms with E-state index < -0.39 is 0 Å². The van der Waals surface area contributed by atoms with Gasteiger partial charge in [-0.3, -0.25) is 9.59 Å². The number of piperazine rings is 1. The van der Waals surface area contributed by atoms with E-state index in [4.69, 9.17) is 11.6 Å². The number of hydrogen-bond donors (Lipinski definition) is 3. The molecular weight excluding hydrogens is 362 g/mol. The normalized spacial score (nSPS) is 14.2. The van der Waals surface area contributed by atoms with Gasteiger partial charge in [0, 0.05) is 25.8 Å². The number of halogens is 1. The van der Waals surface area contributed by atoms with Crippen LogP contribution in [-0.4, -0.2) is 42.9 Å². The molecule has 0 unspecified atom stereocenters. The minimum absolute atomic E-state index is 0.0280. The average Bonchev–Trinajstić information content (AvgIpc) is 2.96. The molecule has 2 aromatic rings. The van der Waals surface area contributed by atoms with Gasteiger partial charge < -0.3 is 20.9 Å². The van der Waals surface area contributed by atoms with Crippen molar-refractivity contribution in [1.82, 2.24) is 9.69 Å². The lowest BCUT2D eigenvalue weighted by Gasteiger charge is -2.29. The topological polar surface area (TPSA) is 86.4 Å². The van der Waals surface area contributed by atoms with Gasteiger partial charge in [0.2, 0.25) is 5.91 Å². The number of nitrogens with one attached hydrogen (secondary N) is 3. The molecule has 25 heavy (non-hydrogen) atoms. The van der Waals surface area contributed by atoms with Crippen molar-refractivity contribution in [3.63, 3.8) is 0 Å². The van der Waals surface area contributed by atoms with E-state index in [1.54, 1.807) is 26.1 Å². The molecule has 0 saturated carbocycles. The predicted octanol–water partition coefficient (Wildman–Crippen LogP) is 2.34. The van der Waals surface area contributed by atoms with Crippen LogP contribution in [0.25, 0.3) is 0 Å². The van der Waals surface area contributed by atoms with Crippen molar-refractivity contribution in [2.45, 2.75) is 6.92 Å². The molecule has 0 radical (unpaired) electrons. The first-order valence-corrected chi connectivity index (χ1v) is 8.91. The second-order valence-corrected chi connectivity index (χ2v) is 6.79. The van der Waals surface area contributed by atoms with Crippen LogP contribution in [-0.2, 0) is 4.79 Å². The van der Waals surface area contributed by atoms with Crippen LogP contribution in [0.4, 0.5) is 16.4 Å². The quantitative estimate of drug-likeness (QED) is 0.759. The fraction of sp³-hybridized carbons (Fsp3) is 0.312. The van der Waals surface area contributed by atoms with Crippen LogP contribution in [0.15, 0.2) is 18.2 Å². The Labute approximate surface area is 154 Å². The molecular formula is C16H18ClN5O2S. The van der Waals surface area contributed by atoms with Gasteiger partial charge in [-0.05, 0) is 36.7 Å². The van der Waals surface area contributed by atoms with Crippen LogP contribution < -0.4 is 20.9 Å². The van der Waals surface area contributed by atoms with Gasteiger partial charge in [0.25, 0.3) is 5.91 Å². The van der Waals surface area contributed by atoms with Crippen LogP contribution in [0.5, 0.6) is 0 Å². The van der Waals surface area contributed by atoms with E-state index in [1.807, 2.05) is 11.0 Å². The van der Waals surface area contributed by atoms with Crippen molar-refractivity contribution in [2.75, 3.05) is 42.2 Å². The van der Waals surface area contributed by atoms with Gasteiger partial charge in [-0.15, -0.1) is 0 Å². The SMILES string of the molecule is CNc1snc(C)c1C(=O)Nc1ccc(N2CCNC(=O)C2)c(Cl)c1. The number of rotatable bonds is 4.